The minimum Gasteiger partial charge on any atom is -0.294 e. The standard InChI is InChI=1S/C9H7NOS/c1-6(11)8-4-2-3-7-5-10-12-9(7)8/h2-5H,1H3. The number of carbonyl (C=O) groups excluding carboxylic acids is 1. The molecule has 0 bridgehead atoms. The highest BCUT2D eigenvalue weighted by Gasteiger charge is 2.05. The van der Waals surface area contributed by atoms with Crippen LogP contribution < -0.4 is 0 Å². The van der Waals surface area contributed by atoms with Crippen molar-refractivity contribution in [1.29, 1.82) is 0 Å². The molecular formula is C9H7NOS. The molecule has 1 aromatic heterocycles. The monoisotopic (exact) mass is 177 g/mol. The summed E-state index contributed by atoms with van der Waals surface area (Å²) < 4.78 is 5.02. The molecule has 2 nitrogen and oxygen atoms in total. The summed E-state index contributed by atoms with van der Waals surface area (Å²) in [5.41, 5.74) is 0.773. The maximum absolute atomic E-state index is 11.1. The molecule has 60 valence electrons. The van der Waals surface area contributed by atoms with Gasteiger partial charge in [0.2, 0.25) is 0 Å². The first kappa shape index (κ1) is 7.43. The molecule has 0 radical (unpaired) electrons. The average Bonchev–Trinajstić information content (AvgIpc) is 2.49. The summed E-state index contributed by atoms with van der Waals surface area (Å²) in [5, 5.41) is 1.05. The summed E-state index contributed by atoms with van der Waals surface area (Å²) in [4.78, 5) is 11.1. The van der Waals surface area contributed by atoms with E-state index in [1.807, 2.05) is 18.2 Å². The summed E-state index contributed by atoms with van der Waals surface area (Å²) in [7, 11) is 0. The second-order valence-corrected chi connectivity index (χ2v) is 3.41. The van der Waals surface area contributed by atoms with Gasteiger partial charge in [0.25, 0.3) is 0 Å². The number of aromatic nitrogens is 1. The van der Waals surface area contributed by atoms with Gasteiger partial charge in [-0.2, -0.15) is 4.37 Å². The molecule has 1 heterocycles. The first-order valence-corrected chi connectivity index (χ1v) is 4.41. The molecule has 0 spiro atoms. The molecule has 0 N–H and O–H groups in total. The van der Waals surface area contributed by atoms with Gasteiger partial charge in [-0.05, 0) is 24.5 Å². The van der Waals surface area contributed by atoms with Gasteiger partial charge in [0.1, 0.15) is 0 Å². The van der Waals surface area contributed by atoms with Crippen molar-refractivity contribution in [3.8, 4) is 0 Å². The summed E-state index contributed by atoms with van der Waals surface area (Å²) in [6.07, 6.45) is 1.78. The van der Waals surface area contributed by atoms with Crippen LogP contribution >= 0.6 is 11.5 Å². The Kier molecular flexibility index (Phi) is 1.66. The lowest BCUT2D eigenvalue weighted by Crippen LogP contribution is -1.90. The number of nitrogens with zero attached hydrogens (tertiary/aromatic N) is 1. The van der Waals surface area contributed by atoms with E-state index in [-0.39, 0.29) is 5.78 Å². The van der Waals surface area contributed by atoms with Gasteiger partial charge >= 0.3 is 0 Å². The number of rotatable bonds is 1. The zero-order chi connectivity index (χ0) is 8.55. The molecule has 0 fully saturated rings. The molecule has 2 rings (SSSR count). The zero-order valence-corrected chi connectivity index (χ0v) is 7.39. The van der Waals surface area contributed by atoms with Gasteiger partial charge in [0, 0.05) is 17.1 Å². The van der Waals surface area contributed by atoms with Crippen molar-refractivity contribution in [1.82, 2.24) is 4.37 Å². The van der Waals surface area contributed by atoms with Crippen LogP contribution in [0.25, 0.3) is 10.1 Å². The van der Waals surface area contributed by atoms with Crippen LogP contribution in [-0.4, -0.2) is 10.2 Å². The van der Waals surface area contributed by atoms with Crippen molar-refractivity contribution in [3.63, 3.8) is 0 Å². The van der Waals surface area contributed by atoms with E-state index < -0.39 is 0 Å². The van der Waals surface area contributed by atoms with Crippen LogP contribution in [-0.2, 0) is 0 Å². The van der Waals surface area contributed by atoms with Crippen molar-refractivity contribution in [2.75, 3.05) is 0 Å². The number of fused-ring (bicyclic) bond motifs is 1. The highest BCUT2D eigenvalue weighted by molar-refractivity contribution is 7.13. The predicted octanol–water partition coefficient (Wildman–Crippen LogP) is 2.50. The molecule has 0 unspecified atom stereocenters. The Bertz CT molecular complexity index is 433. The van der Waals surface area contributed by atoms with E-state index in [2.05, 4.69) is 4.37 Å². The molecule has 0 aliphatic rings. The number of ketones is 1. The minimum absolute atomic E-state index is 0.102. The molecule has 2 aromatic rings. The zero-order valence-electron chi connectivity index (χ0n) is 6.57. The molecule has 3 heteroatoms. The number of hydrogen-bond acceptors (Lipinski definition) is 3. The van der Waals surface area contributed by atoms with Crippen LogP contribution in [0, 0.1) is 0 Å². The Morgan fingerprint density at radius 1 is 1.50 bits per heavy atom. The Morgan fingerprint density at radius 3 is 3.08 bits per heavy atom. The lowest BCUT2D eigenvalue weighted by atomic mass is 10.1. The first-order valence-electron chi connectivity index (χ1n) is 3.63. The third kappa shape index (κ3) is 1.02. The molecular weight excluding hydrogens is 170 g/mol. The third-order valence-electron chi connectivity index (χ3n) is 1.76. The van der Waals surface area contributed by atoms with Crippen LogP contribution in [0.5, 0.6) is 0 Å². The van der Waals surface area contributed by atoms with Crippen LogP contribution in [0.3, 0.4) is 0 Å². The molecule has 0 amide bonds. The van der Waals surface area contributed by atoms with E-state index in [4.69, 9.17) is 0 Å². The normalized spacial score (nSPS) is 10.4. The van der Waals surface area contributed by atoms with Crippen LogP contribution in [0.15, 0.2) is 24.4 Å². The topological polar surface area (TPSA) is 30.0 Å². The minimum atomic E-state index is 0.102. The predicted molar refractivity (Wildman–Crippen MR) is 49.6 cm³/mol. The lowest BCUT2D eigenvalue weighted by molar-refractivity contribution is 0.101. The van der Waals surface area contributed by atoms with E-state index in [0.29, 0.717) is 0 Å². The van der Waals surface area contributed by atoms with Crippen LogP contribution in [0.2, 0.25) is 0 Å². The fourth-order valence-electron chi connectivity index (χ4n) is 1.17. The summed E-state index contributed by atoms with van der Waals surface area (Å²) >= 11 is 1.37. The van der Waals surface area contributed by atoms with Crippen molar-refractivity contribution in [2.24, 2.45) is 0 Å². The number of Topliss-reactive ketones (excluding diaryl/α,β-unsaturated/α-hetero) is 1. The lowest BCUT2D eigenvalue weighted by Gasteiger charge is -1.94. The Balaban J connectivity index is 2.82. The van der Waals surface area contributed by atoms with E-state index in [1.54, 1.807) is 13.1 Å². The molecule has 0 saturated heterocycles. The van der Waals surface area contributed by atoms with Crippen molar-refractivity contribution in [3.05, 3.63) is 30.0 Å². The third-order valence-corrected chi connectivity index (χ3v) is 2.61. The smallest absolute Gasteiger partial charge is 0.161 e. The van der Waals surface area contributed by atoms with Crippen LogP contribution in [0.1, 0.15) is 17.3 Å². The van der Waals surface area contributed by atoms with E-state index in [1.165, 1.54) is 11.5 Å². The quantitative estimate of drug-likeness (QED) is 0.626. The second kappa shape index (κ2) is 2.68. The van der Waals surface area contributed by atoms with Crippen molar-refractivity contribution >= 4 is 27.4 Å². The number of benzene rings is 1. The first-order chi connectivity index (χ1) is 5.79. The average molecular weight is 177 g/mol. The van der Waals surface area contributed by atoms with Gasteiger partial charge in [-0.25, -0.2) is 0 Å². The molecule has 1 aromatic carbocycles. The largest absolute Gasteiger partial charge is 0.294 e. The molecule has 0 aliphatic heterocycles. The Labute approximate surface area is 74.0 Å². The van der Waals surface area contributed by atoms with E-state index in [9.17, 15) is 4.79 Å². The van der Waals surface area contributed by atoms with Gasteiger partial charge in [-0.1, -0.05) is 12.1 Å². The maximum Gasteiger partial charge on any atom is 0.161 e. The highest BCUT2D eigenvalue weighted by Crippen LogP contribution is 2.22. The van der Waals surface area contributed by atoms with Gasteiger partial charge in [-0.3, -0.25) is 4.79 Å². The second-order valence-electron chi connectivity index (χ2n) is 2.61. The summed E-state index contributed by atoms with van der Waals surface area (Å²) in [5.74, 6) is 0.102. The van der Waals surface area contributed by atoms with Crippen molar-refractivity contribution in [2.45, 2.75) is 6.92 Å². The van der Waals surface area contributed by atoms with Gasteiger partial charge < -0.3 is 0 Å². The molecule has 0 aliphatic carbocycles. The van der Waals surface area contributed by atoms with E-state index in [0.717, 1.165) is 15.6 Å². The molecule has 0 atom stereocenters. The molecule has 0 saturated carbocycles. The van der Waals surface area contributed by atoms with Gasteiger partial charge in [-0.15, -0.1) is 0 Å². The molecule has 12 heavy (non-hydrogen) atoms. The summed E-state index contributed by atoms with van der Waals surface area (Å²) in [6, 6.07) is 5.68. The SMILES string of the molecule is CC(=O)c1cccc2cnsc12. The van der Waals surface area contributed by atoms with Crippen LogP contribution in [0.4, 0.5) is 0 Å². The van der Waals surface area contributed by atoms with Crippen molar-refractivity contribution < 1.29 is 4.79 Å². The summed E-state index contributed by atoms with van der Waals surface area (Å²) in [6.45, 7) is 1.58. The fourth-order valence-corrected chi connectivity index (χ4v) is 1.98. The highest BCUT2D eigenvalue weighted by atomic mass is 32.1. The fraction of sp³-hybridized carbons (Fsp3) is 0.111. The maximum atomic E-state index is 11.1. The van der Waals surface area contributed by atoms with Gasteiger partial charge in [0.15, 0.2) is 5.78 Å². The van der Waals surface area contributed by atoms with E-state index >= 15 is 0 Å². The Morgan fingerprint density at radius 2 is 2.33 bits per heavy atom. The number of hydrogen-bond donors (Lipinski definition) is 0. The Hall–Kier alpha value is -1.22. The van der Waals surface area contributed by atoms with Gasteiger partial charge in [0.05, 0.1) is 4.70 Å². The number of carbonyl (C=O) groups is 1.